The number of carbonyl (C=O) groups excluding carboxylic acids is 1. The van der Waals surface area contributed by atoms with Gasteiger partial charge in [0.05, 0.1) is 22.4 Å². The summed E-state index contributed by atoms with van der Waals surface area (Å²) in [5.74, 6) is -2.82. The van der Waals surface area contributed by atoms with Crippen molar-refractivity contribution < 1.29 is 13.6 Å². The number of nitrogens with one attached hydrogen (secondary N) is 1. The Morgan fingerprint density at radius 1 is 1.38 bits per heavy atom. The molecule has 0 bridgehead atoms. The van der Waals surface area contributed by atoms with Crippen molar-refractivity contribution in [2.24, 2.45) is 0 Å². The number of hydrogen-bond acceptors (Lipinski definition) is 4. The largest absolute Gasteiger partial charge is 0.396 e. The first kappa shape index (κ1) is 15.4. The number of benzene rings is 1. The summed E-state index contributed by atoms with van der Waals surface area (Å²) >= 11 is 1.43. The van der Waals surface area contributed by atoms with Crippen LogP contribution in [0.5, 0.6) is 0 Å². The molecule has 4 nitrogen and oxygen atoms in total. The summed E-state index contributed by atoms with van der Waals surface area (Å²) < 4.78 is 27.5. The van der Waals surface area contributed by atoms with Gasteiger partial charge in [0, 0.05) is 4.88 Å². The zero-order chi connectivity index (χ0) is 15.7. The summed E-state index contributed by atoms with van der Waals surface area (Å²) in [6.07, 6.45) is 0. The molecule has 1 heterocycles. The van der Waals surface area contributed by atoms with Gasteiger partial charge in [0.25, 0.3) is 5.91 Å². The van der Waals surface area contributed by atoms with E-state index in [0.717, 1.165) is 27.7 Å². The van der Waals surface area contributed by atoms with Crippen molar-refractivity contribution in [3.8, 4) is 0 Å². The maximum absolute atomic E-state index is 13.8. The lowest BCUT2D eigenvalue weighted by molar-refractivity contribution is 0.0932. The summed E-state index contributed by atoms with van der Waals surface area (Å²) in [5, 5.41) is 3.44. The third-order valence-corrected chi connectivity index (χ3v) is 4.28. The molecule has 7 heteroatoms. The van der Waals surface area contributed by atoms with E-state index in [-0.39, 0.29) is 5.69 Å². The molecule has 1 aromatic carbocycles. The van der Waals surface area contributed by atoms with Crippen molar-refractivity contribution in [2.75, 3.05) is 5.73 Å². The molecule has 0 radical (unpaired) electrons. The summed E-state index contributed by atoms with van der Waals surface area (Å²) in [7, 11) is 0. The summed E-state index contributed by atoms with van der Waals surface area (Å²) in [4.78, 5) is 17.2. The predicted molar refractivity (Wildman–Crippen MR) is 78.2 cm³/mol. The normalized spacial score (nSPS) is 12.2. The Balaban J connectivity index is 2.26. The van der Waals surface area contributed by atoms with Gasteiger partial charge in [-0.1, -0.05) is 0 Å². The molecule has 21 heavy (non-hydrogen) atoms. The van der Waals surface area contributed by atoms with Crippen LogP contribution in [0.25, 0.3) is 0 Å². The number of nitrogen functional groups attached to an aromatic ring is 1. The number of hydrogen-bond donors (Lipinski definition) is 2. The van der Waals surface area contributed by atoms with Crippen LogP contribution in [0.15, 0.2) is 12.1 Å². The topological polar surface area (TPSA) is 68.0 Å². The highest BCUT2D eigenvalue weighted by Crippen LogP contribution is 2.25. The van der Waals surface area contributed by atoms with Crippen LogP contribution in [0.1, 0.15) is 38.9 Å². The second-order valence-electron chi connectivity index (χ2n) is 4.70. The van der Waals surface area contributed by atoms with Crippen molar-refractivity contribution in [3.05, 3.63) is 44.9 Å². The summed E-state index contributed by atoms with van der Waals surface area (Å²) in [6.45, 7) is 5.41. The van der Waals surface area contributed by atoms with E-state index in [9.17, 15) is 13.6 Å². The van der Waals surface area contributed by atoms with Gasteiger partial charge in [0.1, 0.15) is 11.4 Å². The number of nitrogens with two attached hydrogens (primary N) is 1. The van der Waals surface area contributed by atoms with E-state index in [1.165, 1.54) is 11.3 Å². The average Bonchev–Trinajstić information content (AvgIpc) is 2.73. The standard InChI is InChI=1S/C14H15F2N3OS/c1-6-13(21-8(3)18-6)7(2)19-14(20)11-9(15)4-5-10(17)12(11)16/h4-5,7H,17H2,1-3H3,(H,19,20). The highest BCUT2D eigenvalue weighted by Gasteiger charge is 2.22. The number of carbonyl (C=O) groups is 1. The maximum Gasteiger partial charge on any atom is 0.257 e. The lowest BCUT2D eigenvalue weighted by Crippen LogP contribution is -2.28. The van der Waals surface area contributed by atoms with Crippen LogP contribution in [-0.2, 0) is 0 Å². The van der Waals surface area contributed by atoms with Gasteiger partial charge in [-0.25, -0.2) is 13.8 Å². The molecule has 1 unspecified atom stereocenters. The van der Waals surface area contributed by atoms with Gasteiger partial charge >= 0.3 is 0 Å². The number of aryl methyl sites for hydroxylation is 2. The van der Waals surface area contributed by atoms with E-state index >= 15 is 0 Å². The first-order chi connectivity index (χ1) is 9.81. The average molecular weight is 311 g/mol. The summed E-state index contributed by atoms with van der Waals surface area (Å²) in [5.41, 5.74) is 5.23. The molecular weight excluding hydrogens is 296 g/mol. The van der Waals surface area contributed by atoms with Crippen molar-refractivity contribution in [1.29, 1.82) is 0 Å². The molecule has 0 fully saturated rings. The number of aromatic nitrogens is 1. The number of rotatable bonds is 3. The Hall–Kier alpha value is -2.02. The molecule has 1 aromatic heterocycles. The quantitative estimate of drug-likeness (QED) is 0.856. The van der Waals surface area contributed by atoms with E-state index in [0.29, 0.717) is 0 Å². The molecular formula is C14H15F2N3OS. The number of nitrogens with zero attached hydrogens (tertiary/aromatic N) is 1. The van der Waals surface area contributed by atoms with Crippen LogP contribution in [0.2, 0.25) is 0 Å². The minimum atomic E-state index is -1.04. The Morgan fingerprint density at radius 2 is 2.05 bits per heavy atom. The van der Waals surface area contributed by atoms with Gasteiger partial charge in [-0.2, -0.15) is 0 Å². The fourth-order valence-electron chi connectivity index (χ4n) is 2.06. The lowest BCUT2D eigenvalue weighted by Gasteiger charge is -2.14. The van der Waals surface area contributed by atoms with Crippen LogP contribution in [0, 0.1) is 25.5 Å². The molecule has 2 rings (SSSR count). The number of halogens is 2. The lowest BCUT2D eigenvalue weighted by atomic mass is 10.1. The van der Waals surface area contributed by atoms with Crippen LogP contribution >= 0.6 is 11.3 Å². The molecule has 1 atom stereocenters. The number of anilines is 1. The minimum absolute atomic E-state index is 0.265. The van der Waals surface area contributed by atoms with Crippen molar-refractivity contribution in [3.63, 3.8) is 0 Å². The molecule has 2 aromatic rings. The molecule has 0 spiro atoms. The number of amides is 1. The monoisotopic (exact) mass is 311 g/mol. The molecule has 0 saturated carbocycles. The first-order valence-corrected chi connectivity index (χ1v) is 7.11. The second-order valence-corrected chi connectivity index (χ2v) is 5.94. The highest BCUT2D eigenvalue weighted by molar-refractivity contribution is 7.11. The van der Waals surface area contributed by atoms with Crippen LogP contribution < -0.4 is 11.1 Å². The Labute approximate surface area is 125 Å². The number of thiazole rings is 1. The fourth-order valence-corrected chi connectivity index (χ4v) is 2.99. The van der Waals surface area contributed by atoms with Gasteiger partial charge in [-0.05, 0) is 32.9 Å². The van der Waals surface area contributed by atoms with Crippen LogP contribution in [-0.4, -0.2) is 10.9 Å². The Morgan fingerprint density at radius 3 is 2.62 bits per heavy atom. The minimum Gasteiger partial charge on any atom is -0.396 e. The van der Waals surface area contributed by atoms with E-state index < -0.39 is 29.1 Å². The molecule has 112 valence electrons. The SMILES string of the molecule is Cc1nc(C)c(C(C)NC(=O)c2c(F)ccc(N)c2F)s1. The third-order valence-electron chi connectivity index (χ3n) is 3.03. The van der Waals surface area contributed by atoms with E-state index in [1.54, 1.807) is 6.92 Å². The first-order valence-electron chi connectivity index (χ1n) is 6.29. The third kappa shape index (κ3) is 3.02. The highest BCUT2D eigenvalue weighted by atomic mass is 32.1. The molecule has 0 saturated heterocycles. The van der Waals surface area contributed by atoms with E-state index in [4.69, 9.17) is 5.73 Å². The smallest absolute Gasteiger partial charge is 0.257 e. The zero-order valence-electron chi connectivity index (χ0n) is 11.8. The second kappa shape index (κ2) is 5.77. The Bertz CT molecular complexity index is 700. The van der Waals surface area contributed by atoms with Gasteiger partial charge in [-0.3, -0.25) is 4.79 Å². The fraction of sp³-hybridized carbons (Fsp3) is 0.286. The van der Waals surface area contributed by atoms with Crippen molar-refractivity contribution >= 4 is 22.9 Å². The van der Waals surface area contributed by atoms with Crippen LogP contribution in [0.4, 0.5) is 14.5 Å². The van der Waals surface area contributed by atoms with Gasteiger partial charge < -0.3 is 11.1 Å². The molecule has 0 aliphatic rings. The van der Waals surface area contributed by atoms with Gasteiger partial charge in [0.2, 0.25) is 0 Å². The Kier molecular flexibility index (Phi) is 4.22. The molecule has 0 aliphatic heterocycles. The molecule has 1 amide bonds. The van der Waals surface area contributed by atoms with Crippen molar-refractivity contribution in [2.45, 2.75) is 26.8 Å². The molecule has 3 N–H and O–H groups in total. The van der Waals surface area contributed by atoms with E-state index in [1.807, 2.05) is 13.8 Å². The van der Waals surface area contributed by atoms with E-state index in [2.05, 4.69) is 10.3 Å². The van der Waals surface area contributed by atoms with Crippen LogP contribution in [0.3, 0.4) is 0 Å². The predicted octanol–water partition coefficient (Wildman–Crippen LogP) is 3.11. The van der Waals surface area contributed by atoms with Gasteiger partial charge in [0.15, 0.2) is 5.82 Å². The molecule has 0 aliphatic carbocycles. The van der Waals surface area contributed by atoms with Crippen molar-refractivity contribution in [1.82, 2.24) is 10.3 Å². The van der Waals surface area contributed by atoms with Gasteiger partial charge in [-0.15, -0.1) is 11.3 Å². The summed E-state index contributed by atoms with van der Waals surface area (Å²) in [6, 6.07) is 1.66. The maximum atomic E-state index is 13.8. The zero-order valence-corrected chi connectivity index (χ0v) is 12.6.